The summed E-state index contributed by atoms with van der Waals surface area (Å²) in [5.74, 6) is -0.555. The number of fused-ring (bicyclic) bond motifs is 1. The van der Waals surface area contributed by atoms with E-state index in [0.717, 1.165) is 28.3 Å². The number of carboxylic acid groups (broad SMARTS) is 1. The Hall–Kier alpha value is -1.46. The van der Waals surface area contributed by atoms with Gasteiger partial charge in [-0.15, -0.1) is 11.3 Å². The number of carbonyl (C=O) groups is 1. The minimum absolute atomic E-state index is 0.199. The molecule has 0 radical (unpaired) electrons. The van der Waals surface area contributed by atoms with Gasteiger partial charge in [0.05, 0.1) is 26.9 Å². The first kappa shape index (κ1) is 11.6. The Morgan fingerprint density at radius 2 is 2.39 bits per heavy atom. The normalized spacial score (nSPS) is 23.6. The van der Waals surface area contributed by atoms with Gasteiger partial charge in [-0.05, 0) is 31.5 Å². The van der Waals surface area contributed by atoms with E-state index in [2.05, 4.69) is 11.9 Å². The lowest BCUT2D eigenvalue weighted by Gasteiger charge is -2.09. The van der Waals surface area contributed by atoms with Gasteiger partial charge in [-0.1, -0.05) is 0 Å². The molecule has 2 unspecified atom stereocenters. The number of carboxylic acids is 1. The van der Waals surface area contributed by atoms with Crippen molar-refractivity contribution in [1.29, 1.82) is 0 Å². The van der Waals surface area contributed by atoms with E-state index in [1.807, 2.05) is 0 Å². The molecule has 1 aliphatic heterocycles. The highest BCUT2D eigenvalue weighted by Crippen LogP contribution is 2.36. The Morgan fingerprint density at radius 3 is 3.06 bits per heavy atom. The summed E-state index contributed by atoms with van der Waals surface area (Å²) >= 11 is 1.58. The maximum absolute atomic E-state index is 10.9. The Kier molecular flexibility index (Phi) is 2.80. The van der Waals surface area contributed by atoms with Crippen LogP contribution in [0.3, 0.4) is 0 Å². The predicted molar refractivity (Wildman–Crippen MR) is 69.4 cm³/mol. The summed E-state index contributed by atoms with van der Waals surface area (Å²) in [6.45, 7) is 2.84. The number of benzene rings is 1. The van der Waals surface area contributed by atoms with E-state index in [-0.39, 0.29) is 6.10 Å². The van der Waals surface area contributed by atoms with Crippen LogP contribution < -0.4 is 0 Å². The van der Waals surface area contributed by atoms with Crippen LogP contribution in [-0.2, 0) is 4.74 Å². The average Bonchev–Trinajstić information content (AvgIpc) is 2.92. The first-order valence-electron chi connectivity index (χ1n) is 5.90. The number of aromatic nitrogens is 1. The number of thiazole rings is 1. The van der Waals surface area contributed by atoms with Gasteiger partial charge in [0, 0.05) is 12.5 Å². The van der Waals surface area contributed by atoms with Crippen molar-refractivity contribution in [2.45, 2.75) is 25.4 Å². The van der Waals surface area contributed by atoms with Crippen LogP contribution in [-0.4, -0.2) is 28.8 Å². The lowest BCUT2D eigenvalue weighted by molar-refractivity contribution is 0.0697. The summed E-state index contributed by atoms with van der Waals surface area (Å²) in [4.78, 5) is 15.5. The first-order valence-corrected chi connectivity index (χ1v) is 6.72. The van der Waals surface area contributed by atoms with Gasteiger partial charge in [0.25, 0.3) is 0 Å². The highest BCUT2D eigenvalue weighted by Gasteiger charge is 2.28. The smallest absolute Gasteiger partial charge is 0.335 e. The molecule has 1 fully saturated rings. The van der Waals surface area contributed by atoms with Gasteiger partial charge in [0.2, 0.25) is 0 Å². The zero-order valence-electron chi connectivity index (χ0n) is 9.92. The second kappa shape index (κ2) is 4.33. The molecule has 0 saturated carbocycles. The Morgan fingerprint density at radius 1 is 1.56 bits per heavy atom. The summed E-state index contributed by atoms with van der Waals surface area (Å²) in [5.41, 5.74) is 1.19. The molecule has 2 heterocycles. The molecule has 94 valence electrons. The number of hydrogen-bond donors (Lipinski definition) is 1. The summed E-state index contributed by atoms with van der Waals surface area (Å²) in [5, 5.41) is 10.0. The Bertz CT molecular complexity index is 607. The molecule has 3 rings (SSSR count). The third-order valence-corrected chi connectivity index (χ3v) is 4.50. The molecule has 0 spiro atoms. The van der Waals surface area contributed by atoms with Gasteiger partial charge < -0.3 is 9.84 Å². The van der Waals surface area contributed by atoms with Crippen LogP contribution in [0.4, 0.5) is 0 Å². The second-order valence-electron chi connectivity index (χ2n) is 4.51. The van der Waals surface area contributed by atoms with Crippen LogP contribution in [0.1, 0.15) is 34.6 Å². The predicted octanol–water partition coefficient (Wildman–Crippen LogP) is 2.89. The molecule has 1 aromatic carbocycles. The number of aromatic carboxylic acids is 1. The van der Waals surface area contributed by atoms with Crippen molar-refractivity contribution in [3.05, 3.63) is 28.8 Å². The van der Waals surface area contributed by atoms with Gasteiger partial charge in [-0.25, -0.2) is 9.78 Å². The van der Waals surface area contributed by atoms with E-state index in [1.54, 1.807) is 29.5 Å². The third kappa shape index (κ3) is 1.89. The minimum Gasteiger partial charge on any atom is -0.478 e. The lowest BCUT2D eigenvalue weighted by atomic mass is 10.0. The topological polar surface area (TPSA) is 59.4 Å². The molecule has 1 saturated heterocycles. The number of rotatable bonds is 2. The molecular weight excluding hydrogens is 250 g/mol. The zero-order chi connectivity index (χ0) is 12.7. The van der Waals surface area contributed by atoms with Crippen LogP contribution in [0.2, 0.25) is 0 Å². The maximum Gasteiger partial charge on any atom is 0.335 e. The molecule has 4 nitrogen and oxygen atoms in total. The summed E-state index contributed by atoms with van der Waals surface area (Å²) < 4.78 is 6.48. The molecule has 0 amide bonds. The van der Waals surface area contributed by atoms with Crippen molar-refractivity contribution in [3.8, 4) is 0 Å². The van der Waals surface area contributed by atoms with Gasteiger partial charge in [0.15, 0.2) is 0 Å². The third-order valence-electron chi connectivity index (χ3n) is 3.35. The number of ether oxygens (including phenoxy) is 1. The zero-order valence-corrected chi connectivity index (χ0v) is 10.7. The fraction of sp³-hybridized carbons (Fsp3) is 0.385. The first-order chi connectivity index (χ1) is 8.65. The van der Waals surface area contributed by atoms with Gasteiger partial charge in [-0.2, -0.15) is 0 Å². The quantitative estimate of drug-likeness (QED) is 0.905. The van der Waals surface area contributed by atoms with Gasteiger partial charge in [0.1, 0.15) is 0 Å². The molecule has 0 aliphatic carbocycles. The average molecular weight is 263 g/mol. The van der Waals surface area contributed by atoms with E-state index in [4.69, 9.17) is 9.84 Å². The van der Waals surface area contributed by atoms with E-state index in [0.29, 0.717) is 11.5 Å². The van der Waals surface area contributed by atoms with Crippen LogP contribution in [0.5, 0.6) is 0 Å². The molecule has 1 aromatic heterocycles. The molecule has 1 aliphatic rings. The summed E-state index contributed by atoms with van der Waals surface area (Å²) in [6, 6.07) is 5.07. The van der Waals surface area contributed by atoms with E-state index < -0.39 is 5.97 Å². The van der Waals surface area contributed by atoms with E-state index in [9.17, 15) is 4.79 Å². The van der Waals surface area contributed by atoms with Crippen molar-refractivity contribution in [2.24, 2.45) is 0 Å². The van der Waals surface area contributed by atoms with Crippen LogP contribution in [0.15, 0.2) is 18.2 Å². The van der Waals surface area contributed by atoms with E-state index >= 15 is 0 Å². The van der Waals surface area contributed by atoms with Crippen molar-refractivity contribution in [2.75, 3.05) is 6.61 Å². The molecular formula is C13H13NO3S. The summed E-state index contributed by atoms with van der Waals surface area (Å²) in [6.07, 6.45) is 1.19. The van der Waals surface area contributed by atoms with Gasteiger partial charge >= 0.3 is 5.97 Å². The number of nitrogens with zero attached hydrogens (tertiary/aromatic N) is 1. The van der Waals surface area contributed by atoms with Crippen LogP contribution in [0, 0.1) is 0 Å². The fourth-order valence-electron chi connectivity index (χ4n) is 2.29. The molecule has 18 heavy (non-hydrogen) atoms. The molecule has 2 atom stereocenters. The minimum atomic E-state index is -0.899. The highest BCUT2D eigenvalue weighted by molar-refractivity contribution is 7.18. The summed E-state index contributed by atoms with van der Waals surface area (Å²) in [7, 11) is 0. The monoisotopic (exact) mass is 263 g/mol. The fourth-order valence-corrected chi connectivity index (χ4v) is 3.52. The second-order valence-corrected chi connectivity index (χ2v) is 5.57. The molecule has 5 heteroatoms. The maximum atomic E-state index is 10.9. The number of hydrogen-bond acceptors (Lipinski definition) is 4. The standard InChI is InChI=1S/C13H13NO3S/c1-7-9(4-5-17-7)12-14-10-3-2-8(13(15)16)6-11(10)18-12/h2-3,6-7,9H,4-5H2,1H3,(H,15,16). The van der Waals surface area contributed by atoms with E-state index in [1.165, 1.54) is 0 Å². The highest BCUT2D eigenvalue weighted by atomic mass is 32.1. The van der Waals surface area contributed by atoms with Crippen molar-refractivity contribution >= 4 is 27.5 Å². The SMILES string of the molecule is CC1OCCC1c1nc2ccc(C(=O)O)cc2s1. The Balaban J connectivity index is 2.02. The van der Waals surface area contributed by atoms with Gasteiger partial charge in [-0.3, -0.25) is 0 Å². The Labute approximate surface area is 108 Å². The van der Waals surface area contributed by atoms with Crippen molar-refractivity contribution in [3.63, 3.8) is 0 Å². The van der Waals surface area contributed by atoms with Crippen molar-refractivity contribution in [1.82, 2.24) is 4.98 Å². The largest absolute Gasteiger partial charge is 0.478 e. The molecule has 1 N–H and O–H groups in total. The van der Waals surface area contributed by atoms with Crippen LogP contribution >= 0.6 is 11.3 Å². The molecule has 0 bridgehead atoms. The van der Waals surface area contributed by atoms with Crippen molar-refractivity contribution < 1.29 is 14.6 Å². The molecule has 2 aromatic rings. The lowest BCUT2D eigenvalue weighted by Crippen LogP contribution is -2.08. The van der Waals surface area contributed by atoms with Crippen LogP contribution in [0.25, 0.3) is 10.2 Å².